The van der Waals surface area contributed by atoms with Gasteiger partial charge in [-0.3, -0.25) is 9.69 Å². The Labute approximate surface area is 157 Å². The molecule has 144 valence electrons. The molecule has 1 N–H and O–H groups in total. The first-order chi connectivity index (χ1) is 12.3. The van der Waals surface area contributed by atoms with E-state index in [0.29, 0.717) is 26.2 Å². The quantitative estimate of drug-likeness (QED) is 0.875. The van der Waals surface area contributed by atoms with Crippen LogP contribution in [-0.2, 0) is 11.2 Å². The number of amides is 3. The van der Waals surface area contributed by atoms with Gasteiger partial charge in [0, 0.05) is 40.3 Å². The highest BCUT2D eigenvalue weighted by Gasteiger charge is 2.28. The van der Waals surface area contributed by atoms with Crippen molar-refractivity contribution in [2.24, 2.45) is 0 Å². The molecule has 1 fully saturated rings. The number of aryl methyl sites for hydroxylation is 1. The molecule has 6 heteroatoms. The van der Waals surface area contributed by atoms with E-state index in [9.17, 15) is 9.59 Å². The standard InChI is InChI=1S/C20H32N4O2/c1-6-17-7-9-18(10-8-17)15(2)21-19(25)16(3)23-11-13-24(14-12-23)20(26)22(4)5/h7-10,15-16H,6,11-14H2,1-5H3,(H,21,25). The van der Waals surface area contributed by atoms with Crippen molar-refractivity contribution in [1.29, 1.82) is 0 Å². The van der Waals surface area contributed by atoms with Crippen LogP contribution in [0.4, 0.5) is 4.79 Å². The van der Waals surface area contributed by atoms with Crippen molar-refractivity contribution >= 4 is 11.9 Å². The number of piperazine rings is 1. The van der Waals surface area contributed by atoms with Gasteiger partial charge in [0.1, 0.15) is 0 Å². The Morgan fingerprint density at radius 1 is 1.08 bits per heavy atom. The smallest absolute Gasteiger partial charge is 0.319 e. The van der Waals surface area contributed by atoms with E-state index < -0.39 is 0 Å². The van der Waals surface area contributed by atoms with Crippen LogP contribution in [0.2, 0.25) is 0 Å². The Balaban J connectivity index is 1.86. The summed E-state index contributed by atoms with van der Waals surface area (Å²) >= 11 is 0. The van der Waals surface area contributed by atoms with Crippen molar-refractivity contribution in [2.45, 2.75) is 39.3 Å². The number of hydrogen-bond donors (Lipinski definition) is 1. The molecule has 0 saturated carbocycles. The average molecular weight is 361 g/mol. The maximum Gasteiger partial charge on any atom is 0.319 e. The summed E-state index contributed by atoms with van der Waals surface area (Å²) in [7, 11) is 3.53. The molecule has 0 aromatic heterocycles. The van der Waals surface area contributed by atoms with Crippen LogP contribution in [0.5, 0.6) is 0 Å². The van der Waals surface area contributed by atoms with E-state index in [2.05, 4.69) is 41.4 Å². The van der Waals surface area contributed by atoms with Gasteiger partial charge in [0.2, 0.25) is 5.91 Å². The molecule has 1 aliphatic rings. The number of carbonyl (C=O) groups excluding carboxylic acids is 2. The van der Waals surface area contributed by atoms with Crippen LogP contribution in [0.25, 0.3) is 0 Å². The molecule has 3 amide bonds. The van der Waals surface area contributed by atoms with Crippen LogP contribution < -0.4 is 5.32 Å². The Kier molecular flexibility index (Phi) is 7.03. The number of urea groups is 1. The fourth-order valence-corrected chi connectivity index (χ4v) is 3.21. The van der Waals surface area contributed by atoms with Crippen LogP contribution in [0, 0.1) is 0 Å². The highest BCUT2D eigenvalue weighted by atomic mass is 16.2. The molecule has 2 atom stereocenters. The van der Waals surface area contributed by atoms with Gasteiger partial charge in [0.05, 0.1) is 12.1 Å². The van der Waals surface area contributed by atoms with E-state index in [1.807, 2.05) is 18.7 Å². The summed E-state index contributed by atoms with van der Waals surface area (Å²) in [6.07, 6.45) is 1.01. The molecule has 26 heavy (non-hydrogen) atoms. The van der Waals surface area contributed by atoms with Crippen molar-refractivity contribution in [3.05, 3.63) is 35.4 Å². The number of rotatable bonds is 5. The number of nitrogens with one attached hydrogen (secondary N) is 1. The lowest BCUT2D eigenvalue weighted by Crippen LogP contribution is -2.56. The molecule has 0 bridgehead atoms. The van der Waals surface area contributed by atoms with Gasteiger partial charge < -0.3 is 15.1 Å². The predicted molar refractivity (Wildman–Crippen MR) is 104 cm³/mol. The molecule has 1 aromatic rings. The SMILES string of the molecule is CCc1ccc(C(C)NC(=O)C(C)N2CCN(C(=O)N(C)C)CC2)cc1. The Morgan fingerprint density at radius 2 is 1.65 bits per heavy atom. The Morgan fingerprint density at radius 3 is 2.15 bits per heavy atom. The maximum atomic E-state index is 12.6. The van der Waals surface area contributed by atoms with E-state index in [1.54, 1.807) is 19.0 Å². The van der Waals surface area contributed by atoms with Crippen molar-refractivity contribution in [2.75, 3.05) is 40.3 Å². The fourth-order valence-electron chi connectivity index (χ4n) is 3.21. The summed E-state index contributed by atoms with van der Waals surface area (Å²) in [6.45, 7) is 8.82. The van der Waals surface area contributed by atoms with Gasteiger partial charge in [-0.15, -0.1) is 0 Å². The third-order valence-electron chi connectivity index (χ3n) is 5.14. The van der Waals surface area contributed by atoms with Gasteiger partial charge in [0.25, 0.3) is 0 Å². The van der Waals surface area contributed by atoms with Gasteiger partial charge >= 0.3 is 6.03 Å². The zero-order chi connectivity index (χ0) is 19.3. The van der Waals surface area contributed by atoms with Crippen LogP contribution in [0.15, 0.2) is 24.3 Å². The molecular formula is C20H32N4O2. The van der Waals surface area contributed by atoms with Gasteiger partial charge in [-0.25, -0.2) is 4.79 Å². The minimum atomic E-state index is -0.205. The lowest BCUT2D eigenvalue weighted by molar-refractivity contribution is -0.127. The molecule has 1 aromatic carbocycles. The molecule has 1 aliphatic heterocycles. The van der Waals surface area contributed by atoms with Crippen molar-refractivity contribution in [3.8, 4) is 0 Å². The normalized spacial score (nSPS) is 17.5. The average Bonchev–Trinajstić information content (AvgIpc) is 2.66. The van der Waals surface area contributed by atoms with Crippen LogP contribution in [-0.4, -0.2) is 73.0 Å². The second kappa shape index (κ2) is 9.03. The summed E-state index contributed by atoms with van der Waals surface area (Å²) in [5.74, 6) is 0.0319. The minimum Gasteiger partial charge on any atom is -0.348 e. The predicted octanol–water partition coefficient (Wildman–Crippen LogP) is 2.11. The summed E-state index contributed by atoms with van der Waals surface area (Å²) in [4.78, 5) is 30.2. The lowest BCUT2D eigenvalue weighted by atomic mass is 10.0. The van der Waals surface area contributed by atoms with E-state index in [1.165, 1.54) is 5.56 Å². The zero-order valence-electron chi connectivity index (χ0n) is 16.7. The third-order valence-corrected chi connectivity index (χ3v) is 5.14. The first-order valence-corrected chi connectivity index (χ1v) is 9.43. The molecule has 0 spiro atoms. The Hall–Kier alpha value is -2.08. The molecule has 0 aliphatic carbocycles. The van der Waals surface area contributed by atoms with Crippen LogP contribution in [0.1, 0.15) is 37.9 Å². The number of nitrogens with zero attached hydrogens (tertiary/aromatic N) is 3. The summed E-state index contributed by atoms with van der Waals surface area (Å²) in [5.41, 5.74) is 2.41. The zero-order valence-corrected chi connectivity index (χ0v) is 16.7. The molecule has 2 rings (SSSR count). The number of carbonyl (C=O) groups is 2. The second-order valence-electron chi connectivity index (χ2n) is 7.20. The highest BCUT2D eigenvalue weighted by molar-refractivity contribution is 5.81. The van der Waals surface area contributed by atoms with Gasteiger partial charge in [0.15, 0.2) is 0 Å². The fraction of sp³-hybridized carbons (Fsp3) is 0.600. The molecular weight excluding hydrogens is 328 g/mol. The van der Waals surface area contributed by atoms with Gasteiger partial charge in [-0.05, 0) is 31.4 Å². The van der Waals surface area contributed by atoms with E-state index in [0.717, 1.165) is 12.0 Å². The molecule has 2 unspecified atom stereocenters. The molecule has 0 radical (unpaired) electrons. The van der Waals surface area contributed by atoms with Crippen molar-refractivity contribution < 1.29 is 9.59 Å². The minimum absolute atomic E-state index is 0.0209. The van der Waals surface area contributed by atoms with Gasteiger partial charge in [-0.1, -0.05) is 31.2 Å². The topological polar surface area (TPSA) is 55.9 Å². The number of hydrogen-bond acceptors (Lipinski definition) is 3. The number of benzene rings is 1. The van der Waals surface area contributed by atoms with Crippen molar-refractivity contribution in [1.82, 2.24) is 20.0 Å². The summed E-state index contributed by atoms with van der Waals surface area (Å²) < 4.78 is 0. The molecule has 6 nitrogen and oxygen atoms in total. The van der Waals surface area contributed by atoms with E-state index in [4.69, 9.17) is 0 Å². The first kappa shape index (κ1) is 20.2. The van der Waals surface area contributed by atoms with Gasteiger partial charge in [-0.2, -0.15) is 0 Å². The van der Waals surface area contributed by atoms with E-state index in [-0.39, 0.29) is 24.0 Å². The van der Waals surface area contributed by atoms with E-state index >= 15 is 0 Å². The summed E-state index contributed by atoms with van der Waals surface area (Å²) in [5, 5.41) is 3.11. The maximum absolute atomic E-state index is 12.6. The van der Waals surface area contributed by atoms with Crippen molar-refractivity contribution in [3.63, 3.8) is 0 Å². The monoisotopic (exact) mass is 360 g/mol. The van der Waals surface area contributed by atoms with Crippen LogP contribution in [0.3, 0.4) is 0 Å². The Bertz CT molecular complexity index is 607. The molecule has 1 saturated heterocycles. The van der Waals surface area contributed by atoms with Crippen LogP contribution >= 0.6 is 0 Å². The summed E-state index contributed by atoms with van der Waals surface area (Å²) in [6, 6.07) is 8.20. The second-order valence-corrected chi connectivity index (χ2v) is 7.20. The third kappa shape index (κ3) is 4.97. The highest BCUT2D eigenvalue weighted by Crippen LogP contribution is 2.15. The first-order valence-electron chi connectivity index (χ1n) is 9.43. The molecule has 1 heterocycles. The largest absolute Gasteiger partial charge is 0.348 e. The lowest BCUT2D eigenvalue weighted by Gasteiger charge is -2.38.